The zero-order valence-corrected chi connectivity index (χ0v) is 17.2. The highest BCUT2D eigenvalue weighted by atomic mass is 19.1. The van der Waals surface area contributed by atoms with Crippen molar-refractivity contribution < 1.29 is 18.7 Å². The lowest BCUT2D eigenvalue weighted by molar-refractivity contribution is 0.0249. The highest BCUT2D eigenvalue weighted by Crippen LogP contribution is 2.24. The summed E-state index contributed by atoms with van der Waals surface area (Å²) >= 11 is 0. The van der Waals surface area contributed by atoms with E-state index < -0.39 is 5.82 Å². The Morgan fingerprint density at radius 3 is 2.37 bits per heavy atom. The lowest BCUT2D eigenvalue weighted by Gasteiger charge is -2.44. The van der Waals surface area contributed by atoms with E-state index in [0.717, 1.165) is 10.9 Å². The molecule has 2 atom stereocenters. The van der Waals surface area contributed by atoms with Gasteiger partial charge >= 0.3 is 0 Å². The molecule has 0 unspecified atom stereocenters. The Labute approximate surface area is 174 Å². The number of para-hydroxylation sites is 1. The molecule has 1 aromatic heterocycles. The van der Waals surface area contributed by atoms with E-state index in [1.807, 2.05) is 44.2 Å². The topological polar surface area (TPSA) is 65.6 Å². The van der Waals surface area contributed by atoms with Gasteiger partial charge < -0.3 is 19.5 Å². The number of H-pyrrole nitrogens is 1. The molecule has 2 heterocycles. The number of carbonyl (C=O) groups is 2. The van der Waals surface area contributed by atoms with Crippen LogP contribution in [0.1, 0.15) is 34.7 Å². The first-order valence-electron chi connectivity index (χ1n) is 9.92. The third-order valence-corrected chi connectivity index (χ3v) is 5.61. The number of aromatic nitrogens is 1. The zero-order valence-electron chi connectivity index (χ0n) is 17.2. The molecule has 7 heteroatoms. The van der Waals surface area contributed by atoms with Gasteiger partial charge in [0.2, 0.25) is 0 Å². The van der Waals surface area contributed by atoms with Gasteiger partial charge in [0.1, 0.15) is 17.3 Å². The highest BCUT2D eigenvalue weighted by Gasteiger charge is 2.36. The van der Waals surface area contributed by atoms with Crippen LogP contribution in [0.5, 0.6) is 5.75 Å². The standard InChI is InChI=1S/C23H24FN3O3/c1-14-12-26(22(28)18-9-8-17(30-3)11-19(18)24)13-15(2)27(14)23(29)21-10-16-6-4-5-7-20(16)25-21/h4-11,14-15,25H,12-13H2,1-3H3/t14-,15-/m1/s1. The first kappa shape index (κ1) is 19.9. The van der Waals surface area contributed by atoms with Crippen molar-refractivity contribution in [1.82, 2.24) is 14.8 Å². The van der Waals surface area contributed by atoms with Crippen LogP contribution in [0.3, 0.4) is 0 Å². The Kier molecular flexibility index (Phi) is 5.20. The van der Waals surface area contributed by atoms with Gasteiger partial charge in [0.15, 0.2) is 0 Å². The smallest absolute Gasteiger partial charge is 0.270 e. The third kappa shape index (κ3) is 3.51. The fraction of sp³-hybridized carbons (Fsp3) is 0.304. The summed E-state index contributed by atoms with van der Waals surface area (Å²) in [5.74, 6) is -0.740. The summed E-state index contributed by atoms with van der Waals surface area (Å²) < 4.78 is 19.4. The van der Waals surface area contributed by atoms with Crippen LogP contribution in [-0.4, -0.2) is 58.9 Å². The Morgan fingerprint density at radius 2 is 1.73 bits per heavy atom. The predicted octanol–water partition coefficient (Wildman–Crippen LogP) is 3.69. The van der Waals surface area contributed by atoms with Crippen molar-refractivity contribution in [3.63, 3.8) is 0 Å². The van der Waals surface area contributed by atoms with Crippen molar-refractivity contribution in [2.45, 2.75) is 25.9 Å². The van der Waals surface area contributed by atoms with Crippen LogP contribution >= 0.6 is 0 Å². The first-order valence-corrected chi connectivity index (χ1v) is 9.92. The number of nitrogens with one attached hydrogen (secondary N) is 1. The highest BCUT2D eigenvalue weighted by molar-refractivity contribution is 5.99. The number of ether oxygens (including phenoxy) is 1. The average molecular weight is 409 g/mol. The number of benzene rings is 2. The number of hydrogen-bond acceptors (Lipinski definition) is 3. The Balaban J connectivity index is 1.53. The molecule has 3 aromatic rings. The molecule has 1 aliphatic heterocycles. The van der Waals surface area contributed by atoms with Gasteiger partial charge in [-0.05, 0) is 38.1 Å². The van der Waals surface area contributed by atoms with E-state index in [1.165, 1.54) is 19.2 Å². The van der Waals surface area contributed by atoms with Crippen molar-refractivity contribution in [3.8, 4) is 5.75 Å². The summed E-state index contributed by atoms with van der Waals surface area (Å²) in [7, 11) is 1.45. The molecule has 1 aliphatic rings. The second kappa shape index (κ2) is 7.82. The molecule has 156 valence electrons. The molecule has 0 radical (unpaired) electrons. The van der Waals surface area contributed by atoms with Crippen LogP contribution in [0.4, 0.5) is 4.39 Å². The molecule has 4 rings (SSSR count). The van der Waals surface area contributed by atoms with Crippen molar-refractivity contribution >= 4 is 22.7 Å². The van der Waals surface area contributed by atoms with Gasteiger partial charge in [0.25, 0.3) is 11.8 Å². The van der Waals surface area contributed by atoms with Gasteiger partial charge in [-0.2, -0.15) is 0 Å². The van der Waals surface area contributed by atoms with E-state index in [2.05, 4.69) is 4.98 Å². The van der Waals surface area contributed by atoms with Gasteiger partial charge in [-0.1, -0.05) is 18.2 Å². The summed E-state index contributed by atoms with van der Waals surface area (Å²) in [6.07, 6.45) is 0. The van der Waals surface area contributed by atoms with Crippen molar-refractivity contribution in [3.05, 3.63) is 65.6 Å². The molecule has 1 saturated heterocycles. The van der Waals surface area contributed by atoms with E-state index in [4.69, 9.17) is 4.74 Å². The molecule has 30 heavy (non-hydrogen) atoms. The second-order valence-electron chi connectivity index (χ2n) is 7.74. The summed E-state index contributed by atoms with van der Waals surface area (Å²) in [6, 6.07) is 13.4. The summed E-state index contributed by atoms with van der Waals surface area (Å²) in [6.45, 7) is 4.48. The van der Waals surface area contributed by atoms with Crippen LogP contribution in [0, 0.1) is 5.82 Å². The van der Waals surface area contributed by atoms with E-state index in [1.54, 1.807) is 15.9 Å². The molecule has 1 fully saturated rings. The fourth-order valence-corrected chi connectivity index (χ4v) is 4.18. The van der Waals surface area contributed by atoms with E-state index in [9.17, 15) is 14.0 Å². The Hall–Kier alpha value is -3.35. The molecule has 2 aromatic carbocycles. The maximum Gasteiger partial charge on any atom is 0.270 e. The van der Waals surface area contributed by atoms with E-state index in [-0.39, 0.29) is 29.5 Å². The molecule has 1 N–H and O–H groups in total. The number of fused-ring (bicyclic) bond motifs is 1. The van der Waals surface area contributed by atoms with E-state index >= 15 is 0 Å². The van der Waals surface area contributed by atoms with Gasteiger partial charge in [-0.25, -0.2) is 4.39 Å². The minimum Gasteiger partial charge on any atom is -0.497 e. The normalized spacial score (nSPS) is 19.2. The van der Waals surface area contributed by atoms with Gasteiger partial charge in [0.05, 0.1) is 12.7 Å². The predicted molar refractivity (Wildman–Crippen MR) is 112 cm³/mol. The number of piperazine rings is 1. The lowest BCUT2D eigenvalue weighted by atomic mass is 10.1. The van der Waals surface area contributed by atoms with Crippen LogP contribution < -0.4 is 4.74 Å². The van der Waals surface area contributed by atoms with Gasteiger partial charge in [-0.15, -0.1) is 0 Å². The number of halogens is 1. The molecular weight excluding hydrogens is 385 g/mol. The minimum absolute atomic E-state index is 0.00518. The number of carbonyl (C=O) groups excluding carboxylic acids is 2. The second-order valence-corrected chi connectivity index (χ2v) is 7.74. The molecule has 0 bridgehead atoms. The number of amides is 2. The van der Waals surface area contributed by atoms with Crippen molar-refractivity contribution in [2.24, 2.45) is 0 Å². The number of methoxy groups -OCH3 is 1. The summed E-state index contributed by atoms with van der Waals surface area (Å²) in [4.78, 5) is 32.7. The van der Waals surface area contributed by atoms with Crippen molar-refractivity contribution in [2.75, 3.05) is 20.2 Å². The Bertz CT molecular complexity index is 1070. The quantitative estimate of drug-likeness (QED) is 0.718. The Morgan fingerprint density at radius 1 is 1.03 bits per heavy atom. The largest absolute Gasteiger partial charge is 0.497 e. The van der Waals surface area contributed by atoms with Crippen LogP contribution in [0.25, 0.3) is 10.9 Å². The van der Waals surface area contributed by atoms with Gasteiger partial charge in [0, 0.05) is 42.1 Å². The van der Waals surface area contributed by atoms with Crippen LogP contribution in [0.15, 0.2) is 48.5 Å². The molecule has 0 aliphatic carbocycles. The number of rotatable bonds is 3. The monoisotopic (exact) mass is 409 g/mol. The van der Waals surface area contributed by atoms with Crippen molar-refractivity contribution in [1.29, 1.82) is 0 Å². The molecule has 0 saturated carbocycles. The fourth-order valence-electron chi connectivity index (χ4n) is 4.18. The number of nitrogens with zero attached hydrogens (tertiary/aromatic N) is 2. The number of hydrogen-bond donors (Lipinski definition) is 1. The van der Waals surface area contributed by atoms with Gasteiger partial charge in [-0.3, -0.25) is 9.59 Å². The SMILES string of the molecule is COc1ccc(C(=O)N2C[C@@H](C)N(C(=O)c3cc4ccccc4[nH]3)[C@H](C)C2)c(F)c1. The molecular formula is C23H24FN3O3. The third-order valence-electron chi connectivity index (χ3n) is 5.61. The summed E-state index contributed by atoms with van der Waals surface area (Å²) in [5.41, 5.74) is 1.44. The number of aromatic amines is 1. The lowest BCUT2D eigenvalue weighted by Crippen LogP contribution is -2.59. The first-order chi connectivity index (χ1) is 14.4. The summed E-state index contributed by atoms with van der Waals surface area (Å²) in [5, 5.41) is 0.977. The van der Waals surface area contributed by atoms with Crippen LogP contribution in [0.2, 0.25) is 0 Å². The minimum atomic E-state index is -0.615. The maximum absolute atomic E-state index is 14.4. The van der Waals surface area contributed by atoms with Crippen LogP contribution in [-0.2, 0) is 0 Å². The molecule has 0 spiro atoms. The maximum atomic E-state index is 14.4. The molecule has 2 amide bonds. The molecule has 6 nitrogen and oxygen atoms in total. The zero-order chi connectivity index (χ0) is 21.4. The van der Waals surface area contributed by atoms with E-state index in [0.29, 0.717) is 24.5 Å². The average Bonchev–Trinajstić information content (AvgIpc) is 3.17.